The Morgan fingerprint density at radius 1 is 1.36 bits per heavy atom. The van der Waals surface area contributed by atoms with E-state index in [0.717, 1.165) is 10.0 Å². The van der Waals surface area contributed by atoms with E-state index >= 15 is 0 Å². The van der Waals surface area contributed by atoms with Gasteiger partial charge in [-0.15, -0.1) is 10.2 Å². The summed E-state index contributed by atoms with van der Waals surface area (Å²) < 4.78 is 6.19. The number of hydrogen-bond acceptors (Lipinski definition) is 3. The SMILES string of the molecule is Cc1nnc(-c2ccc(Br)cc2Cl)o1. The Labute approximate surface area is 94.2 Å². The maximum absolute atomic E-state index is 6.02. The summed E-state index contributed by atoms with van der Waals surface area (Å²) in [6, 6.07) is 5.50. The van der Waals surface area contributed by atoms with E-state index in [1.807, 2.05) is 12.1 Å². The van der Waals surface area contributed by atoms with Crippen LogP contribution in [-0.4, -0.2) is 10.2 Å². The van der Waals surface area contributed by atoms with E-state index in [-0.39, 0.29) is 0 Å². The van der Waals surface area contributed by atoms with E-state index in [1.54, 1.807) is 13.0 Å². The molecule has 0 N–H and O–H groups in total. The van der Waals surface area contributed by atoms with Crippen molar-refractivity contribution in [2.24, 2.45) is 0 Å². The Balaban J connectivity index is 2.52. The van der Waals surface area contributed by atoms with Crippen LogP contribution in [0, 0.1) is 6.92 Å². The molecule has 0 bridgehead atoms. The molecule has 0 aliphatic carbocycles. The third kappa shape index (κ3) is 1.81. The number of nitrogens with zero attached hydrogens (tertiary/aromatic N) is 2. The van der Waals surface area contributed by atoms with Crippen LogP contribution < -0.4 is 0 Å². The highest BCUT2D eigenvalue weighted by Gasteiger charge is 2.09. The van der Waals surface area contributed by atoms with Gasteiger partial charge in [0.25, 0.3) is 0 Å². The van der Waals surface area contributed by atoms with Crippen LogP contribution in [0.25, 0.3) is 11.5 Å². The fraction of sp³-hybridized carbons (Fsp3) is 0.111. The molecule has 1 heterocycles. The molecular formula is C9H6BrClN2O. The maximum atomic E-state index is 6.02. The number of benzene rings is 1. The van der Waals surface area contributed by atoms with Crippen molar-refractivity contribution in [2.45, 2.75) is 6.92 Å². The van der Waals surface area contributed by atoms with Crippen LogP contribution in [0.3, 0.4) is 0 Å². The largest absolute Gasteiger partial charge is 0.421 e. The first-order valence-corrected chi connectivity index (χ1v) is 5.09. The number of rotatable bonds is 1. The predicted octanol–water partition coefficient (Wildman–Crippen LogP) is 3.46. The topological polar surface area (TPSA) is 38.9 Å². The molecule has 5 heteroatoms. The second-order valence-corrected chi connectivity index (χ2v) is 4.07. The number of aromatic nitrogens is 2. The highest BCUT2D eigenvalue weighted by atomic mass is 79.9. The molecule has 0 amide bonds. The Bertz CT molecular complexity index is 470. The molecule has 0 unspecified atom stereocenters. The average Bonchev–Trinajstić information content (AvgIpc) is 2.51. The van der Waals surface area contributed by atoms with E-state index in [9.17, 15) is 0 Å². The van der Waals surface area contributed by atoms with Crippen LogP contribution in [0.15, 0.2) is 27.1 Å². The number of aryl methyl sites for hydroxylation is 1. The van der Waals surface area contributed by atoms with Gasteiger partial charge < -0.3 is 4.42 Å². The van der Waals surface area contributed by atoms with Crippen LogP contribution in [0.2, 0.25) is 5.02 Å². The molecule has 14 heavy (non-hydrogen) atoms. The Morgan fingerprint density at radius 2 is 2.14 bits per heavy atom. The summed E-state index contributed by atoms with van der Waals surface area (Å²) in [6.07, 6.45) is 0. The van der Waals surface area contributed by atoms with Crippen LogP contribution >= 0.6 is 27.5 Å². The normalized spacial score (nSPS) is 10.5. The molecule has 0 aliphatic rings. The lowest BCUT2D eigenvalue weighted by atomic mass is 10.2. The van der Waals surface area contributed by atoms with E-state index in [1.165, 1.54) is 0 Å². The Kier molecular flexibility index (Phi) is 2.56. The zero-order chi connectivity index (χ0) is 10.1. The molecule has 2 aromatic rings. The number of halogens is 2. The van der Waals surface area contributed by atoms with Crippen LogP contribution in [0.4, 0.5) is 0 Å². The van der Waals surface area contributed by atoms with Gasteiger partial charge in [-0.3, -0.25) is 0 Å². The van der Waals surface area contributed by atoms with Crippen molar-refractivity contribution in [2.75, 3.05) is 0 Å². The van der Waals surface area contributed by atoms with E-state index in [4.69, 9.17) is 16.0 Å². The highest BCUT2D eigenvalue weighted by molar-refractivity contribution is 9.10. The van der Waals surface area contributed by atoms with E-state index in [0.29, 0.717) is 16.8 Å². The molecule has 0 fully saturated rings. The fourth-order valence-electron chi connectivity index (χ4n) is 1.07. The highest BCUT2D eigenvalue weighted by Crippen LogP contribution is 2.29. The van der Waals surface area contributed by atoms with Gasteiger partial charge in [-0.1, -0.05) is 27.5 Å². The third-order valence-electron chi connectivity index (χ3n) is 1.69. The summed E-state index contributed by atoms with van der Waals surface area (Å²) in [5.41, 5.74) is 0.746. The summed E-state index contributed by atoms with van der Waals surface area (Å²) in [6.45, 7) is 1.74. The zero-order valence-corrected chi connectivity index (χ0v) is 9.63. The van der Waals surface area contributed by atoms with Gasteiger partial charge in [-0.05, 0) is 18.2 Å². The lowest BCUT2D eigenvalue weighted by Crippen LogP contribution is -1.79. The molecule has 0 radical (unpaired) electrons. The Morgan fingerprint density at radius 3 is 2.71 bits per heavy atom. The molecule has 1 aromatic carbocycles. The summed E-state index contributed by atoms with van der Waals surface area (Å²) in [4.78, 5) is 0. The van der Waals surface area contributed by atoms with Gasteiger partial charge in [0, 0.05) is 11.4 Å². The first kappa shape index (κ1) is 9.68. The quantitative estimate of drug-likeness (QED) is 0.798. The summed E-state index contributed by atoms with van der Waals surface area (Å²) >= 11 is 9.34. The molecule has 0 spiro atoms. The molecule has 0 saturated heterocycles. The van der Waals surface area contributed by atoms with Gasteiger partial charge in [-0.25, -0.2) is 0 Å². The van der Waals surface area contributed by atoms with Gasteiger partial charge in [0.2, 0.25) is 11.8 Å². The van der Waals surface area contributed by atoms with Crippen LogP contribution in [0.1, 0.15) is 5.89 Å². The standard InChI is InChI=1S/C9H6BrClN2O/c1-5-12-13-9(14-5)7-3-2-6(10)4-8(7)11/h2-4H,1H3. The Hall–Kier alpha value is -0.870. The van der Waals surface area contributed by atoms with Gasteiger partial charge in [-0.2, -0.15) is 0 Å². The molecule has 2 rings (SSSR count). The second kappa shape index (κ2) is 3.71. The van der Waals surface area contributed by atoms with Crippen LogP contribution in [0.5, 0.6) is 0 Å². The lowest BCUT2D eigenvalue weighted by Gasteiger charge is -1.98. The minimum atomic E-state index is 0.444. The third-order valence-corrected chi connectivity index (χ3v) is 2.49. The first-order valence-electron chi connectivity index (χ1n) is 3.92. The van der Waals surface area contributed by atoms with Crippen LogP contribution in [-0.2, 0) is 0 Å². The van der Waals surface area contributed by atoms with Gasteiger partial charge >= 0.3 is 0 Å². The van der Waals surface area contributed by atoms with E-state index < -0.39 is 0 Å². The van der Waals surface area contributed by atoms with Gasteiger partial charge in [0.15, 0.2) is 0 Å². The minimum absolute atomic E-state index is 0.444. The second-order valence-electron chi connectivity index (χ2n) is 2.75. The van der Waals surface area contributed by atoms with E-state index in [2.05, 4.69) is 26.1 Å². The van der Waals surface area contributed by atoms with Gasteiger partial charge in [0.05, 0.1) is 10.6 Å². The molecule has 1 aromatic heterocycles. The first-order chi connectivity index (χ1) is 6.66. The zero-order valence-electron chi connectivity index (χ0n) is 7.29. The maximum Gasteiger partial charge on any atom is 0.249 e. The minimum Gasteiger partial charge on any atom is -0.421 e. The summed E-state index contributed by atoms with van der Waals surface area (Å²) in [7, 11) is 0. The van der Waals surface area contributed by atoms with Crippen molar-refractivity contribution in [3.63, 3.8) is 0 Å². The van der Waals surface area contributed by atoms with Crippen molar-refractivity contribution >= 4 is 27.5 Å². The smallest absolute Gasteiger partial charge is 0.249 e. The average molecular weight is 274 g/mol. The van der Waals surface area contributed by atoms with Crippen molar-refractivity contribution in [1.82, 2.24) is 10.2 Å². The molecule has 0 atom stereocenters. The molecule has 3 nitrogen and oxygen atoms in total. The van der Waals surface area contributed by atoms with Crippen molar-refractivity contribution < 1.29 is 4.42 Å². The summed E-state index contributed by atoms with van der Waals surface area (Å²) in [5.74, 6) is 0.971. The van der Waals surface area contributed by atoms with Crippen molar-refractivity contribution in [3.05, 3.63) is 33.6 Å². The molecule has 72 valence electrons. The van der Waals surface area contributed by atoms with Crippen molar-refractivity contribution in [3.8, 4) is 11.5 Å². The monoisotopic (exact) mass is 272 g/mol. The molecule has 0 aliphatic heterocycles. The van der Waals surface area contributed by atoms with Crippen molar-refractivity contribution in [1.29, 1.82) is 0 Å². The molecule has 0 saturated carbocycles. The number of hydrogen-bond donors (Lipinski definition) is 0. The molecular weight excluding hydrogens is 267 g/mol. The van der Waals surface area contributed by atoms with Gasteiger partial charge in [0.1, 0.15) is 0 Å². The predicted molar refractivity (Wildman–Crippen MR) is 57.2 cm³/mol. The fourth-order valence-corrected chi connectivity index (χ4v) is 1.82. The lowest BCUT2D eigenvalue weighted by molar-refractivity contribution is 0.533. The summed E-state index contributed by atoms with van der Waals surface area (Å²) in [5, 5.41) is 8.22.